The Balaban J connectivity index is 1.53. The molecule has 2 heterocycles. The van der Waals surface area contributed by atoms with Crippen molar-refractivity contribution in [3.63, 3.8) is 0 Å². The Morgan fingerprint density at radius 2 is 1.89 bits per heavy atom. The van der Waals surface area contributed by atoms with E-state index >= 15 is 0 Å². The lowest BCUT2D eigenvalue weighted by Gasteiger charge is -2.23. The third-order valence-electron chi connectivity index (χ3n) is 5.99. The molecule has 0 fully saturated rings. The van der Waals surface area contributed by atoms with E-state index < -0.39 is 24.9 Å². The lowest BCUT2D eigenvalue weighted by molar-refractivity contribution is -0.126. The van der Waals surface area contributed by atoms with Gasteiger partial charge in [-0.1, -0.05) is 78.1 Å². The van der Waals surface area contributed by atoms with Crippen LogP contribution in [0.4, 0.5) is 0 Å². The predicted octanol–water partition coefficient (Wildman–Crippen LogP) is 1.79. The first-order chi connectivity index (χ1) is 17.4. The van der Waals surface area contributed by atoms with Crippen molar-refractivity contribution in [3.05, 3.63) is 93.2 Å². The summed E-state index contributed by atoms with van der Waals surface area (Å²) in [5.74, 6) is -2.03. The topological polar surface area (TPSA) is 122 Å². The van der Waals surface area contributed by atoms with Gasteiger partial charge >= 0.3 is 12.0 Å². The van der Waals surface area contributed by atoms with Crippen molar-refractivity contribution in [1.29, 1.82) is 0 Å². The van der Waals surface area contributed by atoms with Crippen molar-refractivity contribution >= 4 is 24.4 Å². The summed E-state index contributed by atoms with van der Waals surface area (Å²) in [5.41, 5.74) is 3.58. The van der Waals surface area contributed by atoms with Crippen molar-refractivity contribution in [3.8, 4) is 11.3 Å². The van der Waals surface area contributed by atoms with Crippen LogP contribution in [0.5, 0.6) is 0 Å². The van der Waals surface area contributed by atoms with E-state index in [1.165, 1.54) is 4.57 Å². The number of nitrogens with zero attached hydrogens (tertiary/aromatic N) is 4. The van der Waals surface area contributed by atoms with Crippen LogP contribution in [-0.2, 0) is 30.7 Å². The lowest BCUT2D eigenvalue weighted by Crippen LogP contribution is -2.51. The second-order valence-corrected chi connectivity index (χ2v) is 9.47. The lowest BCUT2D eigenvalue weighted by atomic mass is 9.75. The van der Waals surface area contributed by atoms with Crippen LogP contribution in [0.1, 0.15) is 18.1 Å². The molecule has 2 aromatic heterocycles. The van der Waals surface area contributed by atoms with Crippen LogP contribution >= 0.6 is 11.3 Å². The third-order valence-corrected chi connectivity index (χ3v) is 6.68. The van der Waals surface area contributed by atoms with Gasteiger partial charge in [-0.05, 0) is 24.0 Å². The zero-order valence-electron chi connectivity index (χ0n) is 19.9. The Hall–Kier alpha value is -3.54. The smallest absolute Gasteiger partial charge is 0.426 e. The van der Waals surface area contributed by atoms with E-state index in [1.807, 2.05) is 61.5 Å². The zero-order valence-corrected chi connectivity index (χ0v) is 20.7. The van der Waals surface area contributed by atoms with Crippen LogP contribution in [-0.4, -0.2) is 48.6 Å². The number of hydrogen-bond donors (Lipinski definition) is 3. The number of rotatable bonds is 11. The summed E-state index contributed by atoms with van der Waals surface area (Å²) in [6, 6.07) is 17.4. The Kier molecular flexibility index (Phi) is 8.47. The SMILES string of the molecule is CCc1cccc(CC(NC(=O)C(Cn2cc(-c3ccccc3)nn2)Cn2ccsc2=O)B(O)O)c1. The van der Waals surface area contributed by atoms with E-state index in [0.29, 0.717) is 5.69 Å². The number of benzene rings is 2. The molecule has 0 radical (unpaired) electrons. The average molecular weight is 505 g/mol. The van der Waals surface area contributed by atoms with E-state index in [1.54, 1.807) is 22.5 Å². The summed E-state index contributed by atoms with van der Waals surface area (Å²) in [5, 5.41) is 32.8. The summed E-state index contributed by atoms with van der Waals surface area (Å²) >= 11 is 1.05. The van der Waals surface area contributed by atoms with Crippen molar-refractivity contribution in [1.82, 2.24) is 24.9 Å². The molecule has 0 aliphatic carbocycles. The number of thiazole rings is 1. The molecule has 11 heteroatoms. The first kappa shape index (κ1) is 25.6. The number of carbonyl (C=O) groups excluding carboxylic acids is 1. The highest BCUT2D eigenvalue weighted by molar-refractivity contribution is 7.07. The molecule has 4 aromatic rings. The van der Waals surface area contributed by atoms with Gasteiger partial charge in [-0.2, -0.15) is 0 Å². The minimum Gasteiger partial charge on any atom is -0.426 e. The van der Waals surface area contributed by atoms with Gasteiger partial charge in [-0.25, -0.2) is 0 Å². The van der Waals surface area contributed by atoms with Crippen molar-refractivity contribution < 1.29 is 14.8 Å². The first-order valence-corrected chi connectivity index (χ1v) is 12.6. The molecular formula is C25H28BN5O4S. The zero-order chi connectivity index (χ0) is 25.5. The molecule has 0 saturated heterocycles. The van der Waals surface area contributed by atoms with E-state index in [0.717, 1.165) is 34.4 Å². The predicted molar refractivity (Wildman–Crippen MR) is 139 cm³/mol. The maximum Gasteiger partial charge on any atom is 0.475 e. The molecular weight excluding hydrogens is 477 g/mol. The average Bonchev–Trinajstić information content (AvgIpc) is 3.52. The molecule has 0 aliphatic heterocycles. The Bertz CT molecular complexity index is 1340. The van der Waals surface area contributed by atoms with Gasteiger partial charge in [0.15, 0.2) is 0 Å². The highest BCUT2D eigenvalue weighted by Crippen LogP contribution is 2.16. The molecule has 4 rings (SSSR count). The van der Waals surface area contributed by atoms with E-state index in [9.17, 15) is 19.6 Å². The number of aryl methyl sites for hydroxylation is 1. The Labute approximate surface area is 213 Å². The van der Waals surface area contributed by atoms with Gasteiger partial charge < -0.3 is 19.9 Å². The van der Waals surface area contributed by atoms with Gasteiger partial charge in [0.25, 0.3) is 0 Å². The van der Waals surface area contributed by atoms with Crippen LogP contribution < -0.4 is 10.2 Å². The van der Waals surface area contributed by atoms with Gasteiger partial charge in [0.2, 0.25) is 5.91 Å². The van der Waals surface area contributed by atoms with Crippen molar-refractivity contribution in [2.24, 2.45) is 5.92 Å². The molecule has 3 N–H and O–H groups in total. The van der Waals surface area contributed by atoms with Crippen molar-refractivity contribution in [2.75, 3.05) is 0 Å². The van der Waals surface area contributed by atoms with Crippen molar-refractivity contribution in [2.45, 2.75) is 38.8 Å². The number of carbonyl (C=O) groups is 1. The van der Waals surface area contributed by atoms with Crippen LogP contribution in [0.15, 0.2) is 77.2 Å². The monoisotopic (exact) mass is 505 g/mol. The summed E-state index contributed by atoms with van der Waals surface area (Å²) in [6.45, 7) is 2.32. The Morgan fingerprint density at radius 3 is 2.58 bits per heavy atom. The highest BCUT2D eigenvalue weighted by Gasteiger charge is 2.30. The third kappa shape index (κ3) is 6.57. The normalized spacial score (nSPS) is 12.8. The molecule has 2 aromatic carbocycles. The van der Waals surface area contributed by atoms with E-state index in [-0.39, 0.29) is 24.4 Å². The second-order valence-electron chi connectivity index (χ2n) is 8.62. The Morgan fingerprint density at radius 1 is 1.11 bits per heavy atom. The van der Waals surface area contributed by atoms with Gasteiger partial charge in [0.1, 0.15) is 5.69 Å². The van der Waals surface area contributed by atoms with Crippen LogP contribution in [0.2, 0.25) is 0 Å². The minimum absolute atomic E-state index is 0.119. The fourth-order valence-electron chi connectivity index (χ4n) is 4.00. The van der Waals surface area contributed by atoms with Gasteiger partial charge in [-0.3, -0.25) is 14.3 Å². The maximum atomic E-state index is 13.4. The molecule has 9 nitrogen and oxygen atoms in total. The number of aromatic nitrogens is 4. The molecule has 0 bridgehead atoms. The maximum absolute atomic E-state index is 13.4. The molecule has 2 atom stereocenters. The number of amides is 1. The molecule has 0 spiro atoms. The fourth-order valence-corrected chi connectivity index (χ4v) is 4.60. The summed E-state index contributed by atoms with van der Waals surface area (Å²) in [4.78, 5) is 25.4. The second kappa shape index (κ2) is 11.9. The van der Waals surface area contributed by atoms with Crippen LogP contribution in [0.3, 0.4) is 0 Å². The first-order valence-electron chi connectivity index (χ1n) is 11.8. The minimum atomic E-state index is -1.75. The molecule has 0 aliphatic rings. The van der Waals surface area contributed by atoms with E-state index in [2.05, 4.69) is 15.6 Å². The summed E-state index contributed by atoms with van der Waals surface area (Å²) in [7, 11) is -1.75. The summed E-state index contributed by atoms with van der Waals surface area (Å²) in [6.07, 6.45) is 4.50. The molecule has 0 saturated carbocycles. The summed E-state index contributed by atoms with van der Waals surface area (Å²) < 4.78 is 3.04. The molecule has 36 heavy (non-hydrogen) atoms. The fraction of sp³-hybridized carbons (Fsp3) is 0.280. The van der Waals surface area contributed by atoms with Crippen LogP contribution in [0.25, 0.3) is 11.3 Å². The highest BCUT2D eigenvalue weighted by atomic mass is 32.1. The van der Waals surface area contributed by atoms with Gasteiger partial charge in [0.05, 0.1) is 24.6 Å². The van der Waals surface area contributed by atoms with E-state index in [4.69, 9.17) is 0 Å². The molecule has 186 valence electrons. The number of nitrogens with one attached hydrogen (secondary N) is 1. The number of hydrogen-bond acceptors (Lipinski definition) is 7. The molecule has 2 unspecified atom stereocenters. The van der Waals surface area contributed by atoms with Gasteiger partial charge in [-0.15, -0.1) is 5.10 Å². The quantitative estimate of drug-likeness (QED) is 0.267. The van der Waals surface area contributed by atoms with Gasteiger partial charge in [0, 0.05) is 23.7 Å². The van der Waals surface area contributed by atoms with Crippen LogP contribution in [0, 0.1) is 5.92 Å². The largest absolute Gasteiger partial charge is 0.475 e. The standard InChI is InChI=1S/C25H28BN5O4S/c1-2-18-7-6-8-19(13-18)14-23(26(34)35)27-24(32)21(15-30-11-12-36-25(30)33)16-31-17-22(28-29-31)20-9-4-3-5-10-20/h3-13,17,21,23,34-35H,2,14-16H2,1H3,(H,27,32). The molecule has 1 amide bonds.